The molecule has 2 aliphatic rings. The molecule has 6 heteroatoms. The highest BCUT2D eigenvalue weighted by molar-refractivity contribution is 5.79. The number of nitrogens with one attached hydrogen (secondary N) is 3. The van der Waals surface area contributed by atoms with E-state index >= 15 is 0 Å². The molecule has 0 radical (unpaired) electrons. The minimum Gasteiger partial charge on any atom is -0.468 e. The standard InChI is InChI=1S/C18H25N3O3/c1-11-5-3-4-6-12(11)9-16(22)19-13-7-8-15-14(10-13)17(21-20-15)18(23)24-2/h3-6,13-15,17,20-21H,7-10H2,1-2H3,(H,19,22). The molecule has 3 N–H and O–H groups in total. The predicted molar refractivity (Wildman–Crippen MR) is 90.0 cm³/mol. The largest absolute Gasteiger partial charge is 0.468 e. The number of hydrazine groups is 1. The van der Waals surface area contributed by atoms with Gasteiger partial charge in [-0.1, -0.05) is 24.3 Å². The molecule has 1 aromatic carbocycles. The van der Waals surface area contributed by atoms with Gasteiger partial charge in [-0.3, -0.25) is 15.0 Å². The first kappa shape index (κ1) is 16.9. The van der Waals surface area contributed by atoms with E-state index in [9.17, 15) is 9.59 Å². The number of aryl methyl sites for hydroxylation is 1. The number of methoxy groups -OCH3 is 1. The van der Waals surface area contributed by atoms with Crippen LogP contribution in [0.3, 0.4) is 0 Å². The Morgan fingerprint density at radius 3 is 2.79 bits per heavy atom. The summed E-state index contributed by atoms with van der Waals surface area (Å²) in [4.78, 5) is 24.2. The number of amides is 1. The average molecular weight is 331 g/mol. The maximum Gasteiger partial charge on any atom is 0.324 e. The number of ether oxygens (including phenoxy) is 1. The Hall–Kier alpha value is -1.92. The summed E-state index contributed by atoms with van der Waals surface area (Å²) in [5, 5.41) is 3.14. The number of hydrogen-bond donors (Lipinski definition) is 3. The third kappa shape index (κ3) is 3.60. The van der Waals surface area contributed by atoms with Crippen molar-refractivity contribution in [3.63, 3.8) is 0 Å². The Morgan fingerprint density at radius 1 is 1.25 bits per heavy atom. The molecule has 24 heavy (non-hydrogen) atoms. The van der Waals surface area contributed by atoms with Crippen molar-refractivity contribution in [2.45, 2.75) is 50.7 Å². The molecule has 1 aliphatic heterocycles. The van der Waals surface area contributed by atoms with Crippen LogP contribution in [0, 0.1) is 12.8 Å². The number of fused-ring (bicyclic) bond motifs is 1. The first-order valence-corrected chi connectivity index (χ1v) is 8.51. The number of hydrogen-bond acceptors (Lipinski definition) is 5. The summed E-state index contributed by atoms with van der Waals surface area (Å²) in [5.41, 5.74) is 8.40. The van der Waals surface area contributed by atoms with E-state index in [0.29, 0.717) is 6.42 Å². The van der Waals surface area contributed by atoms with Gasteiger partial charge >= 0.3 is 5.97 Å². The van der Waals surface area contributed by atoms with Crippen molar-refractivity contribution in [1.82, 2.24) is 16.2 Å². The highest BCUT2D eigenvalue weighted by atomic mass is 16.5. The van der Waals surface area contributed by atoms with Gasteiger partial charge < -0.3 is 10.1 Å². The van der Waals surface area contributed by atoms with Crippen molar-refractivity contribution >= 4 is 11.9 Å². The zero-order valence-electron chi connectivity index (χ0n) is 14.2. The third-order valence-corrected chi connectivity index (χ3v) is 5.18. The summed E-state index contributed by atoms with van der Waals surface area (Å²) >= 11 is 0. The van der Waals surface area contributed by atoms with Crippen LogP contribution in [0.25, 0.3) is 0 Å². The molecule has 6 nitrogen and oxygen atoms in total. The number of rotatable bonds is 4. The molecular formula is C18H25N3O3. The lowest BCUT2D eigenvalue weighted by atomic mass is 9.79. The van der Waals surface area contributed by atoms with E-state index in [-0.39, 0.29) is 35.9 Å². The summed E-state index contributed by atoms with van der Waals surface area (Å²) < 4.78 is 4.86. The van der Waals surface area contributed by atoms with Crippen molar-refractivity contribution in [1.29, 1.82) is 0 Å². The van der Waals surface area contributed by atoms with E-state index in [2.05, 4.69) is 16.2 Å². The molecule has 0 bridgehead atoms. The van der Waals surface area contributed by atoms with Gasteiger partial charge in [-0.15, -0.1) is 0 Å². The van der Waals surface area contributed by atoms with Crippen molar-refractivity contribution in [2.24, 2.45) is 5.92 Å². The Morgan fingerprint density at radius 2 is 2.04 bits per heavy atom. The van der Waals surface area contributed by atoms with Gasteiger partial charge in [-0.25, -0.2) is 5.43 Å². The van der Waals surface area contributed by atoms with Gasteiger partial charge in [0.25, 0.3) is 0 Å². The van der Waals surface area contributed by atoms with Crippen LogP contribution in [0.5, 0.6) is 0 Å². The number of esters is 1. The lowest BCUT2D eigenvalue weighted by molar-refractivity contribution is -0.144. The zero-order valence-corrected chi connectivity index (χ0v) is 14.2. The molecule has 1 aromatic rings. The summed E-state index contributed by atoms with van der Waals surface area (Å²) in [6.45, 7) is 2.02. The van der Waals surface area contributed by atoms with E-state index in [1.54, 1.807) is 0 Å². The highest BCUT2D eigenvalue weighted by Crippen LogP contribution is 2.31. The molecule has 1 amide bonds. The molecule has 1 aliphatic carbocycles. The monoisotopic (exact) mass is 331 g/mol. The quantitative estimate of drug-likeness (QED) is 0.713. The molecule has 1 saturated carbocycles. The third-order valence-electron chi connectivity index (χ3n) is 5.18. The van der Waals surface area contributed by atoms with Crippen LogP contribution in [-0.2, 0) is 20.7 Å². The van der Waals surface area contributed by atoms with Crippen molar-refractivity contribution in [3.05, 3.63) is 35.4 Å². The van der Waals surface area contributed by atoms with Crippen LogP contribution in [0.4, 0.5) is 0 Å². The van der Waals surface area contributed by atoms with E-state index in [0.717, 1.165) is 30.4 Å². The number of carbonyl (C=O) groups is 2. The van der Waals surface area contributed by atoms with Crippen molar-refractivity contribution in [3.8, 4) is 0 Å². The van der Waals surface area contributed by atoms with Crippen molar-refractivity contribution in [2.75, 3.05) is 7.11 Å². The second-order valence-corrected chi connectivity index (χ2v) is 6.74. The normalized spacial score (nSPS) is 28.9. The van der Waals surface area contributed by atoms with Gasteiger partial charge in [0, 0.05) is 18.0 Å². The van der Waals surface area contributed by atoms with Crippen molar-refractivity contribution < 1.29 is 14.3 Å². The Bertz CT molecular complexity index is 619. The zero-order chi connectivity index (χ0) is 17.1. The van der Waals surface area contributed by atoms with E-state index < -0.39 is 0 Å². The maximum atomic E-state index is 12.4. The highest BCUT2D eigenvalue weighted by Gasteiger charge is 2.44. The first-order valence-electron chi connectivity index (χ1n) is 8.51. The molecule has 4 atom stereocenters. The van der Waals surface area contributed by atoms with Gasteiger partial charge in [0.1, 0.15) is 6.04 Å². The SMILES string of the molecule is COC(=O)C1NNC2CCC(NC(=O)Cc3ccccc3C)CC21. The smallest absolute Gasteiger partial charge is 0.324 e. The second-order valence-electron chi connectivity index (χ2n) is 6.74. The molecule has 1 heterocycles. The fourth-order valence-electron chi connectivity index (χ4n) is 3.81. The van der Waals surface area contributed by atoms with Gasteiger partial charge in [0.15, 0.2) is 0 Å². The minimum absolute atomic E-state index is 0.0429. The number of carbonyl (C=O) groups excluding carboxylic acids is 2. The molecule has 0 aromatic heterocycles. The van der Waals surface area contributed by atoms with Crippen LogP contribution < -0.4 is 16.2 Å². The average Bonchev–Trinajstić information content (AvgIpc) is 2.99. The van der Waals surface area contributed by atoms with Crippen LogP contribution in [0.2, 0.25) is 0 Å². The second kappa shape index (κ2) is 7.32. The molecule has 3 rings (SSSR count). The van der Waals surface area contributed by atoms with E-state index in [4.69, 9.17) is 4.74 Å². The molecule has 0 spiro atoms. The van der Waals surface area contributed by atoms with Gasteiger partial charge in [0.2, 0.25) is 5.91 Å². The van der Waals surface area contributed by atoms with Gasteiger partial charge in [-0.05, 0) is 37.3 Å². The lowest BCUT2D eigenvalue weighted by Gasteiger charge is -2.32. The first-order chi connectivity index (χ1) is 11.6. The molecule has 4 unspecified atom stereocenters. The number of benzene rings is 1. The summed E-state index contributed by atoms with van der Waals surface area (Å²) in [6.07, 6.45) is 3.03. The van der Waals surface area contributed by atoms with E-state index in [1.165, 1.54) is 7.11 Å². The fraction of sp³-hybridized carbons (Fsp3) is 0.556. The van der Waals surface area contributed by atoms with E-state index in [1.807, 2.05) is 31.2 Å². The Balaban J connectivity index is 1.57. The van der Waals surface area contributed by atoms with Gasteiger partial charge in [0.05, 0.1) is 13.5 Å². The predicted octanol–water partition coefficient (Wildman–Crippen LogP) is 0.840. The summed E-state index contributed by atoms with van der Waals surface area (Å²) in [7, 11) is 1.40. The summed E-state index contributed by atoms with van der Waals surface area (Å²) in [5.74, 6) is -0.0573. The molecular weight excluding hydrogens is 306 g/mol. The fourth-order valence-corrected chi connectivity index (χ4v) is 3.81. The van der Waals surface area contributed by atoms with Gasteiger partial charge in [-0.2, -0.15) is 0 Å². The molecule has 2 fully saturated rings. The van der Waals surface area contributed by atoms with Crippen LogP contribution in [-0.4, -0.2) is 37.1 Å². The topological polar surface area (TPSA) is 79.5 Å². The van der Waals surface area contributed by atoms with Crippen LogP contribution in [0.1, 0.15) is 30.4 Å². The molecule has 130 valence electrons. The van der Waals surface area contributed by atoms with Crippen LogP contribution >= 0.6 is 0 Å². The lowest BCUT2D eigenvalue weighted by Crippen LogP contribution is -2.46. The molecule has 1 saturated heterocycles. The Kier molecular flexibility index (Phi) is 5.16. The Labute approximate surface area is 142 Å². The minimum atomic E-state index is -0.337. The maximum absolute atomic E-state index is 12.4. The van der Waals surface area contributed by atoms with Crippen LogP contribution in [0.15, 0.2) is 24.3 Å². The summed E-state index contributed by atoms with van der Waals surface area (Å²) in [6, 6.07) is 7.98.